The van der Waals surface area contributed by atoms with Gasteiger partial charge in [-0.2, -0.15) is 0 Å². The van der Waals surface area contributed by atoms with Gasteiger partial charge in [0, 0.05) is 25.0 Å². The summed E-state index contributed by atoms with van der Waals surface area (Å²) in [4.78, 5) is 18.5. The van der Waals surface area contributed by atoms with Crippen LogP contribution in [0, 0.1) is 0 Å². The minimum absolute atomic E-state index is 0.0504. The van der Waals surface area contributed by atoms with Crippen molar-refractivity contribution in [2.24, 2.45) is 0 Å². The summed E-state index contributed by atoms with van der Waals surface area (Å²) in [6.45, 7) is 2.70. The Kier molecular flexibility index (Phi) is 6.18. The summed E-state index contributed by atoms with van der Waals surface area (Å²) in [5.41, 5.74) is 1.21. The van der Waals surface area contributed by atoms with Gasteiger partial charge in [-0.05, 0) is 50.9 Å². The maximum Gasteiger partial charge on any atom is 0.237 e. The molecule has 1 saturated carbocycles. The second-order valence-corrected chi connectivity index (χ2v) is 6.03. The summed E-state index contributed by atoms with van der Waals surface area (Å²) in [7, 11) is 2.09. The largest absolute Gasteiger partial charge is 0.354 e. The predicted octanol–water partition coefficient (Wildman–Crippen LogP) is 2.39. The highest BCUT2D eigenvalue weighted by Crippen LogP contribution is 2.22. The van der Waals surface area contributed by atoms with Gasteiger partial charge in [0.05, 0.1) is 6.04 Å². The number of likely N-dealkylation sites (N-methyl/N-ethyl adjacent to an activating group) is 1. The first-order chi connectivity index (χ1) is 10.2. The van der Waals surface area contributed by atoms with Gasteiger partial charge in [-0.1, -0.05) is 19.3 Å². The van der Waals surface area contributed by atoms with E-state index in [0.29, 0.717) is 12.6 Å². The van der Waals surface area contributed by atoms with Crippen LogP contribution in [-0.2, 0) is 11.2 Å². The number of nitrogens with zero attached hydrogens (tertiary/aromatic N) is 2. The number of hydrogen-bond donors (Lipinski definition) is 1. The highest BCUT2D eigenvalue weighted by atomic mass is 16.2. The Morgan fingerprint density at radius 3 is 2.67 bits per heavy atom. The molecule has 4 heteroatoms. The number of rotatable bonds is 6. The second-order valence-electron chi connectivity index (χ2n) is 6.03. The Bertz CT molecular complexity index is 429. The molecule has 1 aliphatic carbocycles. The van der Waals surface area contributed by atoms with Gasteiger partial charge in [0.25, 0.3) is 0 Å². The SMILES string of the molecule is CC(C(=O)NCCc1ccncc1)N(C)C1CCCCC1. The van der Waals surface area contributed by atoms with Gasteiger partial charge in [-0.3, -0.25) is 14.7 Å². The lowest BCUT2D eigenvalue weighted by Gasteiger charge is -2.34. The molecule has 1 N–H and O–H groups in total. The third kappa shape index (κ3) is 4.81. The summed E-state index contributed by atoms with van der Waals surface area (Å²) in [6.07, 6.45) is 10.8. The molecule has 2 rings (SSSR count). The van der Waals surface area contributed by atoms with Gasteiger partial charge in [-0.25, -0.2) is 0 Å². The zero-order chi connectivity index (χ0) is 15.1. The highest BCUT2D eigenvalue weighted by Gasteiger charge is 2.25. The van der Waals surface area contributed by atoms with E-state index < -0.39 is 0 Å². The predicted molar refractivity (Wildman–Crippen MR) is 85.0 cm³/mol. The average molecular weight is 289 g/mol. The number of nitrogens with one attached hydrogen (secondary N) is 1. The first kappa shape index (κ1) is 16.0. The molecule has 116 valence electrons. The van der Waals surface area contributed by atoms with Crippen molar-refractivity contribution < 1.29 is 4.79 Å². The molecule has 1 fully saturated rings. The normalized spacial score (nSPS) is 17.7. The van der Waals surface area contributed by atoms with Crippen LogP contribution in [0.25, 0.3) is 0 Å². The van der Waals surface area contributed by atoms with Crippen molar-refractivity contribution in [3.05, 3.63) is 30.1 Å². The van der Waals surface area contributed by atoms with E-state index in [-0.39, 0.29) is 11.9 Å². The lowest BCUT2D eigenvalue weighted by atomic mass is 9.93. The molecule has 0 aromatic carbocycles. The van der Waals surface area contributed by atoms with Crippen LogP contribution >= 0.6 is 0 Å². The molecule has 1 aromatic rings. The van der Waals surface area contributed by atoms with Gasteiger partial charge >= 0.3 is 0 Å². The fraction of sp³-hybridized carbons (Fsp3) is 0.647. The van der Waals surface area contributed by atoms with Gasteiger partial charge in [0.15, 0.2) is 0 Å². The molecule has 1 aromatic heterocycles. The van der Waals surface area contributed by atoms with Crippen LogP contribution in [0.5, 0.6) is 0 Å². The molecule has 1 unspecified atom stereocenters. The van der Waals surface area contributed by atoms with E-state index >= 15 is 0 Å². The number of pyridine rings is 1. The summed E-state index contributed by atoms with van der Waals surface area (Å²) in [6, 6.07) is 4.50. The van der Waals surface area contributed by atoms with Crippen LogP contribution in [0.2, 0.25) is 0 Å². The summed E-state index contributed by atoms with van der Waals surface area (Å²) < 4.78 is 0. The van der Waals surface area contributed by atoms with Crippen molar-refractivity contribution in [2.75, 3.05) is 13.6 Å². The van der Waals surface area contributed by atoms with Crippen LogP contribution in [0.15, 0.2) is 24.5 Å². The Balaban J connectivity index is 1.74. The Hall–Kier alpha value is -1.42. The standard InChI is InChI=1S/C17H27N3O/c1-14(20(2)16-6-4-3-5-7-16)17(21)19-13-10-15-8-11-18-12-9-15/h8-9,11-12,14,16H,3-7,10,13H2,1-2H3,(H,19,21). The zero-order valence-corrected chi connectivity index (χ0v) is 13.2. The third-order valence-electron chi connectivity index (χ3n) is 4.60. The number of amides is 1. The van der Waals surface area contributed by atoms with Crippen molar-refractivity contribution >= 4 is 5.91 Å². The molecule has 0 saturated heterocycles. The first-order valence-electron chi connectivity index (χ1n) is 8.07. The molecule has 0 aliphatic heterocycles. The molecule has 0 radical (unpaired) electrons. The first-order valence-corrected chi connectivity index (χ1v) is 8.07. The average Bonchev–Trinajstić information content (AvgIpc) is 2.55. The smallest absolute Gasteiger partial charge is 0.237 e. The number of hydrogen-bond acceptors (Lipinski definition) is 3. The lowest BCUT2D eigenvalue weighted by Crippen LogP contribution is -2.48. The van der Waals surface area contributed by atoms with Crippen molar-refractivity contribution in [1.82, 2.24) is 15.2 Å². The van der Waals surface area contributed by atoms with Gasteiger partial charge in [0.2, 0.25) is 5.91 Å². The molecule has 1 heterocycles. The minimum atomic E-state index is -0.0504. The minimum Gasteiger partial charge on any atom is -0.354 e. The molecule has 21 heavy (non-hydrogen) atoms. The maximum atomic E-state index is 12.3. The van der Waals surface area contributed by atoms with Crippen LogP contribution in [0.1, 0.15) is 44.6 Å². The Morgan fingerprint density at radius 1 is 1.33 bits per heavy atom. The van der Waals surface area contributed by atoms with E-state index in [9.17, 15) is 4.79 Å². The lowest BCUT2D eigenvalue weighted by molar-refractivity contribution is -0.126. The van der Waals surface area contributed by atoms with Crippen molar-refractivity contribution in [3.63, 3.8) is 0 Å². The molecule has 0 spiro atoms. The molecular formula is C17H27N3O. The maximum absolute atomic E-state index is 12.3. The molecule has 1 aliphatic rings. The molecule has 1 atom stereocenters. The van der Waals surface area contributed by atoms with Gasteiger partial charge in [0.1, 0.15) is 0 Å². The molecule has 4 nitrogen and oxygen atoms in total. The number of carbonyl (C=O) groups excluding carboxylic acids is 1. The van der Waals surface area contributed by atoms with E-state index in [1.54, 1.807) is 12.4 Å². The van der Waals surface area contributed by atoms with Crippen LogP contribution < -0.4 is 5.32 Å². The molecule has 0 bridgehead atoms. The summed E-state index contributed by atoms with van der Waals surface area (Å²) in [5, 5.41) is 3.05. The number of carbonyl (C=O) groups is 1. The van der Waals surface area contributed by atoms with Crippen molar-refractivity contribution in [3.8, 4) is 0 Å². The zero-order valence-electron chi connectivity index (χ0n) is 13.2. The molecule has 1 amide bonds. The van der Waals surface area contributed by atoms with E-state index in [1.165, 1.54) is 37.7 Å². The topological polar surface area (TPSA) is 45.2 Å². The van der Waals surface area contributed by atoms with E-state index in [2.05, 4.69) is 22.2 Å². The quantitative estimate of drug-likeness (QED) is 0.874. The van der Waals surface area contributed by atoms with Crippen molar-refractivity contribution in [2.45, 2.75) is 57.5 Å². The fourth-order valence-electron chi connectivity index (χ4n) is 3.02. The van der Waals surface area contributed by atoms with Gasteiger partial charge in [-0.15, -0.1) is 0 Å². The summed E-state index contributed by atoms with van der Waals surface area (Å²) >= 11 is 0. The van der Waals surface area contributed by atoms with E-state index in [0.717, 1.165) is 6.42 Å². The Morgan fingerprint density at radius 2 is 2.00 bits per heavy atom. The van der Waals surface area contributed by atoms with E-state index in [4.69, 9.17) is 0 Å². The Labute approximate surface area is 127 Å². The third-order valence-corrected chi connectivity index (χ3v) is 4.60. The summed E-state index contributed by atoms with van der Waals surface area (Å²) in [5.74, 6) is 0.136. The fourth-order valence-corrected chi connectivity index (χ4v) is 3.02. The van der Waals surface area contributed by atoms with Crippen LogP contribution in [0.4, 0.5) is 0 Å². The highest BCUT2D eigenvalue weighted by molar-refractivity contribution is 5.81. The van der Waals surface area contributed by atoms with Crippen molar-refractivity contribution in [1.29, 1.82) is 0 Å². The van der Waals surface area contributed by atoms with Crippen LogP contribution in [-0.4, -0.2) is 41.5 Å². The van der Waals surface area contributed by atoms with E-state index in [1.807, 2.05) is 19.1 Å². The second kappa shape index (κ2) is 8.13. The number of aromatic nitrogens is 1. The monoisotopic (exact) mass is 289 g/mol. The molecular weight excluding hydrogens is 262 g/mol. The van der Waals surface area contributed by atoms with Gasteiger partial charge < -0.3 is 5.32 Å². The van der Waals surface area contributed by atoms with Crippen LogP contribution in [0.3, 0.4) is 0 Å².